The monoisotopic (exact) mass is 257 g/mol. The van der Waals surface area contributed by atoms with E-state index in [1.165, 1.54) is 6.07 Å². The van der Waals surface area contributed by atoms with Crippen LogP contribution in [0.25, 0.3) is 0 Å². The average Bonchev–Trinajstić information content (AvgIpc) is 2.39. The first-order valence-electron chi connectivity index (χ1n) is 6.01. The van der Waals surface area contributed by atoms with E-state index in [0.717, 1.165) is 5.56 Å². The van der Waals surface area contributed by atoms with Crippen molar-refractivity contribution in [3.63, 3.8) is 0 Å². The Morgan fingerprint density at radius 3 is 2.47 bits per heavy atom. The molecule has 5 heteroatoms. The van der Waals surface area contributed by atoms with Crippen LogP contribution in [0.15, 0.2) is 42.5 Å². The van der Waals surface area contributed by atoms with Gasteiger partial charge in [0.05, 0.1) is 4.92 Å². The van der Waals surface area contributed by atoms with Gasteiger partial charge >= 0.3 is 0 Å². The maximum Gasteiger partial charge on any atom is 0.290 e. The molecular weight excluding hydrogens is 242 g/mol. The van der Waals surface area contributed by atoms with Crippen LogP contribution in [0.1, 0.15) is 24.2 Å². The van der Waals surface area contributed by atoms with Crippen molar-refractivity contribution in [1.29, 1.82) is 0 Å². The first-order chi connectivity index (χ1) is 9.08. The number of aromatic nitrogens is 1. The molecule has 0 aliphatic heterocycles. The second-order valence-electron chi connectivity index (χ2n) is 4.33. The van der Waals surface area contributed by atoms with Gasteiger partial charge in [-0.05, 0) is 25.5 Å². The lowest BCUT2D eigenvalue weighted by Crippen LogP contribution is -2.08. The van der Waals surface area contributed by atoms with E-state index in [-0.39, 0.29) is 11.7 Å². The molecule has 0 aliphatic rings. The summed E-state index contributed by atoms with van der Waals surface area (Å²) in [5.41, 5.74) is 1.59. The predicted molar refractivity (Wildman–Crippen MR) is 74.1 cm³/mol. The van der Waals surface area contributed by atoms with Crippen molar-refractivity contribution in [3.8, 4) is 0 Å². The second kappa shape index (κ2) is 5.48. The summed E-state index contributed by atoms with van der Waals surface area (Å²) in [6.07, 6.45) is 0. The molecule has 5 nitrogen and oxygen atoms in total. The van der Waals surface area contributed by atoms with Gasteiger partial charge in [-0.3, -0.25) is 10.1 Å². The minimum atomic E-state index is -0.424. The summed E-state index contributed by atoms with van der Waals surface area (Å²) in [5, 5.41) is 14.0. The third kappa shape index (κ3) is 3.07. The lowest BCUT2D eigenvalue weighted by molar-refractivity contribution is -0.385. The van der Waals surface area contributed by atoms with Crippen molar-refractivity contribution < 1.29 is 4.92 Å². The Balaban J connectivity index is 2.16. The highest BCUT2D eigenvalue weighted by Crippen LogP contribution is 2.21. The van der Waals surface area contributed by atoms with Crippen LogP contribution in [0.5, 0.6) is 0 Å². The number of anilines is 1. The quantitative estimate of drug-likeness (QED) is 0.672. The summed E-state index contributed by atoms with van der Waals surface area (Å²) < 4.78 is 0. The van der Waals surface area contributed by atoms with Crippen molar-refractivity contribution >= 4 is 11.5 Å². The number of nitrogens with one attached hydrogen (secondary N) is 1. The Morgan fingerprint density at radius 1 is 1.21 bits per heavy atom. The fourth-order valence-corrected chi connectivity index (χ4v) is 1.87. The van der Waals surface area contributed by atoms with Crippen molar-refractivity contribution in [3.05, 3.63) is 63.8 Å². The zero-order chi connectivity index (χ0) is 13.8. The van der Waals surface area contributed by atoms with Crippen LogP contribution in [0.3, 0.4) is 0 Å². The molecule has 2 rings (SSSR count). The molecule has 1 heterocycles. The normalized spacial score (nSPS) is 11.9. The van der Waals surface area contributed by atoms with E-state index in [0.29, 0.717) is 11.5 Å². The first kappa shape index (κ1) is 13.0. The molecule has 0 radical (unpaired) electrons. The molecule has 98 valence electrons. The molecule has 0 aliphatic carbocycles. The van der Waals surface area contributed by atoms with Gasteiger partial charge in [-0.2, -0.15) is 0 Å². The molecule has 0 fully saturated rings. The summed E-state index contributed by atoms with van der Waals surface area (Å²) in [4.78, 5) is 14.5. The van der Waals surface area contributed by atoms with Crippen LogP contribution < -0.4 is 5.32 Å². The molecule has 19 heavy (non-hydrogen) atoms. The summed E-state index contributed by atoms with van der Waals surface area (Å²) in [6, 6.07) is 13.2. The number of benzene rings is 1. The standard InChI is InChI=1S/C14H15N3O2/c1-10(12-6-4-3-5-7-12)15-14-9-8-13(17(18)19)11(2)16-14/h3-10H,1-2H3,(H,15,16). The van der Waals surface area contributed by atoms with Gasteiger partial charge in [0.1, 0.15) is 11.5 Å². The molecule has 0 spiro atoms. The van der Waals surface area contributed by atoms with Crippen LogP contribution in [-0.2, 0) is 0 Å². The number of hydrogen-bond acceptors (Lipinski definition) is 4. The Morgan fingerprint density at radius 2 is 1.89 bits per heavy atom. The average molecular weight is 257 g/mol. The molecule has 0 amide bonds. The fourth-order valence-electron chi connectivity index (χ4n) is 1.87. The van der Waals surface area contributed by atoms with E-state index in [1.807, 2.05) is 37.3 Å². The van der Waals surface area contributed by atoms with Crippen LogP contribution in [0.2, 0.25) is 0 Å². The third-order valence-electron chi connectivity index (χ3n) is 2.92. The van der Waals surface area contributed by atoms with Gasteiger partial charge in [0.2, 0.25) is 0 Å². The number of nitro groups is 1. The van der Waals surface area contributed by atoms with Crippen molar-refractivity contribution in [2.75, 3.05) is 5.32 Å². The summed E-state index contributed by atoms with van der Waals surface area (Å²) >= 11 is 0. The van der Waals surface area contributed by atoms with E-state index < -0.39 is 4.92 Å². The van der Waals surface area contributed by atoms with Crippen LogP contribution in [0, 0.1) is 17.0 Å². The Kier molecular flexibility index (Phi) is 3.75. The fraction of sp³-hybridized carbons (Fsp3) is 0.214. The van der Waals surface area contributed by atoms with Gasteiger partial charge in [-0.15, -0.1) is 0 Å². The van der Waals surface area contributed by atoms with Crippen molar-refractivity contribution in [2.24, 2.45) is 0 Å². The van der Waals surface area contributed by atoms with Gasteiger partial charge in [0, 0.05) is 12.1 Å². The topological polar surface area (TPSA) is 68.1 Å². The Bertz CT molecular complexity index is 584. The third-order valence-corrected chi connectivity index (χ3v) is 2.92. The molecule has 2 aromatic rings. The highest BCUT2D eigenvalue weighted by Gasteiger charge is 2.13. The number of pyridine rings is 1. The second-order valence-corrected chi connectivity index (χ2v) is 4.33. The van der Waals surface area contributed by atoms with Gasteiger partial charge in [-0.1, -0.05) is 30.3 Å². The molecule has 0 bridgehead atoms. The molecule has 1 aromatic heterocycles. The highest BCUT2D eigenvalue weighted by molar-refractivity contribution is 5.46. The Hall–Kier alpha value is -2.43. The van der Waals surface area contributed by atoms with E-state index >= 15 is 0 Å². The van der Waals surface area contributed by atoms with E-state index in [4.69, 9.17) is 0 Å². The van der Waals surface area contributed by atoms with E-state index in [2.05, 4.69) is 10.3 Å². The predicted octanol–water partition coefficient (Wildman–Crippen LogP) is 3.47. The van der Waals surface area contributed by atoms with Crippen LogP contribution >= 0.6 is 0 Å². The maximum atomic E-state index is 10.7. The largest absolute Gasteiger partial charge is 0.364 e. The maximum absolute atomic E-state index is 10.7. The van der Waals surface area contributed by atoms with Crippen LogP contribution in [0.4, 0.5) is 11.5 Å². The molecular formula is C14H15N3O2. The molecule has 1 atom stereocenters. The number of hydrogen-bond donors (Lipinski definition) is 1. The molecule has 1 N–H and O–H groups in total. The number of rotatable bonds is 4. The lowest BCUT2D eigenvalue weighted by Gasteiger charge is -2.15. The van der Waals surface area contributed by atoms with E-state index in [1.54, 1.807) is 13.0 Å². The summed E-state index contributed by atoms with van der Waals surface area (Å²) in [7, 11) is 0. The zero-order valence-electron chi connectivity index (χ0n) is 10.8. The summed E-state index contributed by atoms with van der Waals surface area (Å²) in [5.74, 6) is 0.638. The van der Waals surface area contributed by atoms with Crippen molar-refractivity contribution in [2.45, 2.75) is 19.9 Å². The van der Waals surface area contributed by atoms with Crippen LogP contribution in [-0.4, -0.2) is 9.91 Å². The van der Waals surface area contributed by atoms with Gasteiger partial charge < -0.3 is 5.32 Å². The van der Waals surface area contributed by atoms with Gasteiger partial charge in [-0.25, -0.2) is 4.98 Å². The van der Waals surface area contributed by atoms with Gasteiger partial charge in [0.15, 0.2) is 0 Å². The Labute approximate surface area is 111 Å². The molecule has 1 aromatic carbocycles. The smallest absolute Gasteiger partial charge is 0.290 e. The van der Waals surface area contributed by atoms with E-state index in [9.17, 15) is 10.1 Å². The SMILES string of the molecule is Cc1nc(NC(C)c2ccccc2)ccc1[N+](=O)[O-]. The first-order valence-corrected chi connectivity index (χ1v) is 6.01. The minimum Gasteiger partial charge on any atom is -0.364 e. The molecule has 0 saturated carbocycles. The highest BCUT2D eigenvalue weighted by atomic mass is 16.6. The zero-order valence-corrected chi connectivity index (χ0v) is 10.8. The molecule has 0 saturated heterocycles. The number of aryl methyl sites for hydroxylation is 1. The minimum absolute atomic E-state index is 0.0397. The number of nitrogens with zero attached hydrogens (tertiary/aromatic N) is 2. The molecule has 1 unspecified atom stereocenters. The van der Waals surface area contributed by atoms with Crippen molar-refractivity contribution in [1.82, 2.24) is 4.98 Å². The summed E-state index contributed by atoms with van der Waals surface area (Å²) in [6.45, 7) is 3.66. The lowest BCUT2D eigenvalue weighted by atomic mass is 10.1. The van der Waals surface area contributed by atoms with Gasteiger partial charge in [0.25, 0.3) is 5.69 Å².